The van der Waals surface area contributed by atoms with Crippen molar-refractivity contribution >= 4 is 27.3 Å². The fourth-order valence-electron chi connectivity index (χ4n) is 2.82. The second-order valence-corrected chi connectivity index (χ2v) is 7.72. The quantitative estimate of drug-likeness (QED) is 0.506. The van der Waals surface area contributed by atoms with E-state index in [1.807, 2.05) is 0 Å². The van der Waals surface area contributed by atoms with Gasteiger partial charge >= 0.3 is 0 Å². The largest absolute Gasteiger partial charge is 0.253 e. The second kappa shape index (κ2) is 7.44. The summed E-state index contributed by atoms with van der Waals surface area (Å²) in [6.07, 6.45) is 0. The van der Waals surface area contributed by atoms with Crippen molar-refractivity contribution in [3.63, 3.8) is 0 Å². The third kappa shape index (κ3) is 4.32. The Bertz CT molecular complexity index is 680. The van der Waals surface area contributed by atoms with Gasteiger partial charge in [-0.2, -0.15) is 0 Å². The first-order chi connectivity index (χ1) is 10.8. The summed E-state index contributed by atoms with van der Waals surface area (Å²) in [5.74, 6) is 0.925. The minimum absolute atomic E-state index is 0.462. The van der Waals surface area contributed by atoms with E-state index in [9.17, 15) is 0 Å². The van der Waals surface area contributed by atoms with Crippen LogP contribution in [0.15, 0.2) is 45.9 Å². The van der Waals surface area contributed by atoms with E-state index in [2.05, 4.69) is 93.9 Å². The lowest BCUT2D eigenvalue weighted by Crippen LogP contribution is -2.00. The van der Waals surface area contributed by atoms with Crippen LogP contribution in [-0.4, -0.2) is 5.71 Å². The highest BCUT2D eigenvalue weighted by Gasteiger charge is 2.13. The van der Waals surface area contributed by atoms with Crippen molar-refractivity contribution in [1.29, 1.82) is 0 Å². The molecule has 0 atom stereocenters. The summed E-state index contributed by atoms with van der Waals surface area (Å²) in [5, 5.41) is 0. The van der Waals surface area contributed by atoms with Gasteiger partial charge in [0.2, 0.25) is 0 Å². The number of aryl methyl sites for hydroxylation is 1. The molecule has 0 aliphatic heterocycles. The van der Waals surface area contributed by atoms with E-state index in [0.717, 1.165) is 15.9 Å². The predicted molar refractivity (Wildman–Crippen MR) is 105 cm³/mol. The summed E-state index contributed by atoms with van der Waals surface area (Å²) in [6.45, 7) is 13.1. The van der Waals surface area contributed by atoms with Crippen LogP contribution in [0.1, 0.15) is 68.7 Å². The molecule has 2 rings (SSSR count). The Morgan fingerprint density at radius 1 is 0.957 bits per heavy atom. The minimum Gasteiger partial charge on any atom is -0.253 e. The van der Waals surface area contributed by atoms with Crippen LogP contribution in [0.4, 0.5) is 5.69 Å². The lowest BCUT2D eigenvalue weighted by Gasteiger charge is -2.17. The molecule has 2 heteroatoms. The van der Waals surface area contributed by atoms with E-state index in [0.29, 0.717) is 11.8 Å². The Morgan fingerprint density at radius 3 is 2.00 bits per heavy atom. The molecular weight excluding hydrogens is 346 g/mol. The first kappa shape index (κ1) is 17.9. The van der Waals surface area contributed by atoms with E-state index in [-0.39, 0.29) is 0 Å². The molecule has 0 saturated heterocycles. The second-order valence-electron chi connectivity index (χ2n) is 6.81. The maximum absolute atomic E-state index is 5.05. The molecule has 2 aromatic carbocycles. The highest BCUT2D eigenvalue weighted by molar-refractivity contribution is 9.10. The monoisotopic (exact) mass is 371 g/mol. The molecule has 0 aromatic heterocycles. The lowest BCUT2D eigenvalue weighted by atomic mass is 9.92. The standard InChI is InChI=1S/C21H26BrN/c1-13(2)19-8-7-9-20(14(3)4)21(19)23-16(6)17-10-15(5)11-18(22)12-17/h7-14H,1-6H3. The zero-order chi connectivity index (χ0) is 17.1. The topological polar surface area (TPSA) is 12.4 Å². The van der Waals surface area contributed by atoms with Gasteiger partial charge < -0.3 is 0 Å². The molecule has 0 N–H and O–H groups in total. The lowest BCUT2D eigenvalue weighted by molar-refractivity contribution is 0.834. The van der Waals surface area contributed by atoms with Gasteiger partial charge in [0.05, 0.1) is 5.69 Å². The zero-order valence-corrected chi connectivity index (χ0v) is 16.5. The van der Waals surface area contributed by atoms with E-state index in [1.165, 1.54) is 22.3 Å². The van der Waals surface area contributed by atoms with Gasteiger partial charge in [-0.3, -0.25) is 4.99 Å². The van der Waals surface area contributed by atoms with Gasteiger partial charge in [-0.1, -0.05) is 67.9 Å². The van der Waals surface area contributed by atoms with Crippen LogP contribution in [-0.2, 0) is 0 Å². The number of hydrogen-bond donors (Lipinski definition) is 0. The average molecular weight is 372 g/mol. The number of para-hydroxylation sites is 1. The molecule has 0 aliphatic rings. The molecule has 0 radical (unpaired) electrons. The summed E-state index contributed by atoms with van der Waals surface area (Å²) < 4.78 is 1.10. The Hall–Kier alpha value is -1.41. The SMILES string of the molecule is CC(=Nc1c(C(C)C)cccc1C(C)C)c1cc(C)cc(Br)c1. The molecule has 1 nitrogen and oxygen atoms in total. The van der Waals surface area contributed by atoms with Crippen LogP contribution in [0, 0.1) is 6.92 Å². The first-order valence-electron chi connectivity index (χ1n) is 8.25. The molecule has 0 bridgehead atoms. The van der Waals surface area contributed by atoms with Crippen LogP contribution < -0.4 is 0 Å². The molecule has 0 saturated carbocycles. The van der Waals surface area contributed by atoms with E-state index in [1.54, 1.807) is 0 Å². The highest BCUT2D eigenvalue weighted by Crippen LogP contribution is 2.35. The number of halogens is 1. The Morgan fingerprint density at radius 2 is 1.52 bits per heavy atom. The molecule has 23 heavy (non-hydrogen) atoms. The summed E-state index contributed by atoms with van der Waals surface area (Å²) >= 11 is 3.59. The van der Waals surface area contributed by atoms with Crippen molar-refractivity contribution in [2.75, 3.05) is 0 Å². The van der Waals surface area contributed by atoms with Gasteiger partial charge in [-0.05, 0) is 60.1 Å². The molecule has 0 heterocycles. The summed E-state index contributed by atoms with van der Waals surface area (Å²) in [5.41, 5.74) is 7.26. The van der Waals surface area contributed by atoms with Crippen LogP contribution in [0.5, 0.6) is 0 Å². The maximum Gasteiger partial charge on any atom is 0.0702 e. The van der Waals surface area contributed by atoms with Crippen molar-refractivity contribution in [3.8, 4) is 0 Å². The molecule has 0 spiro atoms. The van der Waals surface area contributed by atoms with Gasteiger partial charge in [0.1, 0.15) is 0 Å². The van der Waals surface area contributed by atoms with Crippen molar-refractivity contribution in [2.24, 2.45) is 4.99 Å². The molecule has 0 fully saturated rings. The highest BCUT2D eigenvalue weighted by atomic mass is 79.9. The van der Waals surface area contributed by atoms with Gasteiger partial charge in [0, 0.05) is 10.2 Å². The van der Waals surface area contributed by atoms with Crippen molar-refractivity contribution in [3.05, 3.63) is 63.1 Å². The van der Waals surface area contributed by atoms with Crippen LogP contribution >= 0.6 is 15.9 Å². The van der Waals surface area contributed by atoms with E-state index < -0.39 is 0 Å². The van der Waals surface area contributed by atoms with E-state index >= 15 is 0 Å². The third-order valence-corrected chi connectivity index (χ3v) is 4.54. The van der Waals surface area contributed by atoms with Gasteiger partial charge in [-0.15, -0.1) is 0 Å². The molecule has 122 valence electrons. The molecule has 0 amide bonds. The zero-order valence-electron chi connectivity index (χ0n) is 14.9. The predicted octanol–water partition coefficient (Wildman–Crippen LogP) is 7.15. The molecule has 0 unspecified atom stereocenters. The van der Waals surface area contributed by atoms with Crippen LogP contribution in [0.2, 0.25) is 0 Å². The van der Waals surface area contributed by atoms with Gasteiger partial charge in [-0.25, -0.2) is 0 Å². The van der Waals surface area contributed by atoms with Gasteiger partial charge in [0.15, 0.2) is 0 Å². The molecular formula is C21H26BrN. The third-order valence-electron chi connectivity index (χ3n) is 4.08. The van der Waals surface area contributed by atoms with Crippen LogP contribution in [0.25, 0.3) is 0 Å². The average Bonchev–Trinajstić information content (AvgIpc) is 2.45. The number of hydrogen-bond acceptors (Lipinski definition) is 1. The number of benzene rings is 2. The van der Waals surface area contributed by atoms with Crippen LogP contribution in [0.3, 0.4) is 0 Å². The summed E-state index contributed by atoms with van der Waals surface area (Å²) in [7, 11) is 0. The summed E-state index contributed by atoms with van der Waals surface area (Å²) in [4.78, 5) is 5.05. The minimum atomic E-state index is 0.462. The number of aliphatic imine (C=N–C) groups is 1. The van der Waals surface area contributed by atoms with Crippen molar-refractivity contribution in [1.82, 2.24) is 0 Å². The fraction of sp³-hybridized carbons (Fsp3) is 0.381. The van der Waals surface area contributed by atoms with Gasteiger partial charge in [0.25, 0.3) is 0 Å². The smallest absolute Gasteiger partial charge is 0.0702 e. The van der Waals surface area contributed by atoms with Crippen molar-refractivity contribution in [2.45, 2.75) is 53.4 Å². The molecule has 2 aromatic rings. The fourth-order valence-corrected chi connectivity index (χ4v) is 3.43. The number of rotatable bonds is 4. The van der Waals surface area contributed by atoms with E-state index in [4.69, 9.17) is 4.99 Å². The first-order valence-corrected chi connectivity index (χ1v) is 9.04. The normalized spacial score (nSPS) is 12.3. The Kier molecular flexibility index (Phi) is 5.80. The maximum atomic E-state index is 5.05. The molecule has 0 aliphatic carbocycles. The number of nitrogens with zero attached hydrogens (tertiary/aromatic N) is 1. The van der Waals surface area contributed by atoms with Crippen molar-refractivity contribution < 1.29 is 0 Å². The Balaban J connectivity index is 2.60. The Labute approximate surface area is 149 Å². The summed E-state index contributed by atoms with van der Waals surface area (Å²) in [6, 6.07) is 13.0.